The SMILES string of the molecule is Cc1ccc(C2=NC(=Cc3ccc(Br)s3)C(=O)O2)cc1[N+](=O)[O-]. The number of rotatable bonds is 3. The summed E-state index contributed by atoms with van der Waals surface area (Å²) < 4.78 is 6.07. The molecular weight excluding hydrogens is 384 g/mol. The molecule has 6 nitrogen and oxygen atoms in total. The Morgan fingerprint density at radius 3 is 2.78 bits per heavy atom. The topological polar surface area (TPSA) is 81.8 Å². The predicted molar refractivity (Wildman–Crippen MR) is 90.5 cm³/mol. The average Bonchev–Trinajstić information content (AvgIpc) is 3.06. The molecule has 0 fully saturated rings. The van der Waals surface area contributed by atoms with Gasteiger partial charge in [-0.25, -0.2) is 9.79 Å². The number of benzene rings is 1. The van der Waals surface area contributed by atoms with E-state index in [2.05, 4.69) is 20.9 Å². The van der Waals surface area contributed by atoms with Crippen LogP contribution in [0.1, 0.15) is 16.0 Å². The van der Waals surface area contributed by atoms with Crippen molar-refractivity contribution in [3.05, 3.63) is 65.9 Å². The van der Waals surface area contributed by atoms with E-state index in [9.17, 15) is 14.9 Å². The second-order valence-corrected chi connectivity index (χ2v) is 7.23. The van der Waals surface area contributed by atoms with Crippen molar-refractivity contribution < 1.29 is 14.5 Å². The summed E-state index contributed by atoms with van der Waals surface area (Å²) in [6, 6.07) is 8.30. The molecule has 1 aliphatic rings. The molecule has 2 heterocycles. The molecule has 8 heteroatoms. The van der Waals surface area contributed by atoms with Gasteiger partial charge in [-0.2, -0.15) is 0 Å². The fourth-order valence-electron chi connectivity index (χ4n) is 2.01. The lowest BCUT2D eigenvalue weighted by molar-refractivity contribution is -0.385. The van der Waals surface area contributed by atoms with Crippen molar-refractivity contribution in [2.45, 2.75) is 6.92 Å². The highest BCUT2D eigenvalue weighted by molar-refractivity contribution is 9.11. The summed E-state index contributed by atoms with van der Waals surface area (Å²) in [6.45, 7) is 1.64. The number of aliphatic imine (C=N–C) groups is 1. The first kappa shape index (κ1) is 15.6. The number of carbonyl (C=O) groups excluding carboxylic acids is 1. The molecule has 2 aromatic rings. The lowest BCUT2D eigenvalue weighted by Gasteiger charge is -2.01. The summed E-state index contributed by atoms with van der Waals surface area (Å²) in [6.07, 6.45) is 1.62. The number of cyclic esters (lactones) is 1. The normalized spacial score (nSPS) is 15.7. The van der Waals surface area contributed by atoms with E-state index in [0.29, 0.717) is 11.1 Å². The third kappa shape index (κ3) is 3.22. The standard InChI is InChI=1S/C15H9BrN2O4S/c1-8-2-3-9(6-12(8)18(20)21)14-17-11(15(19)22-14)7-10-4-5-13(16)23-10/h2-7H,1H3. The molecule has 116 valence electrons. The van der Waals surface area contributed by atoms with Crippen molar-refractivity contribution in [1.29, 1.82) is 0 Å². The first-order valence-corrected chi connectivity index (χ1v) is 8.08. The predicted octanol–water partition coefficient (Wildman–Crippen LogP) is 4.07. The molecule has 0 atom stereocenters. The summed E-state index contributed by atoms with van der Waals surface area (Å²) in [5.74, 6) is -0.507. The van der Waals surface area contributed by atoms with Crippen LogP contribution in [-0.4, -0.2) is 16.8 Å². The van der Waals surface area contributed by atoms with Gasteiger partial charge in [0.15, 0.2) is 5.70 Å². The third-order valence-electron chi connectivity index (χ3n) is 3.15. The second-order valence-electron chi connectivity index (χ2n) is 4.74. The molecule has 0 radical (unpaired) electrons. The molecule has 0 saturated carbocycles. The Balaban J connectivity index is 1.97. The van der Waals surface area contributed by atoms with Crippen LogP contribution in [0, 0.1) is 17.0 Å². The van der Waals surface area contributed by atoms with Crippen LogP contribution in [0.25, 0.3) is 6.08 Å². The molecule has 0 saturated heterocycles. The van der Waals surface area contributed by atoms with Crippen molar-refractivity contribution in [2.24, 2.45) is 4.99 Å². The molecule has 1 aliphatic heterocycles. The number of halogens is 1. The smallest absolute Gasteiger partial charge is 0.363 e. The lowest BCUT2D eigenvalue weighted by atomic mass is 10.1. The molecule has 0 amide bonds. The van der Waals surface area contributed by atoms with Gasteiger partial charge < -0.3 is 4.74 Å². The van der Waals surface area contributed by atoms with Crippen molar-refractivity contribution in [3.8, 4) is 0 Å². The average molecular weight is 393 g/mol. The Bertz CT molecular complexity index is 885. The minimum Gasteiger partial charge on any atom is -0.402 e. The maximum Gasteiger partial charge on any atom is 0.363 e. The number of thiophene rings is 1. The number of nitro benzene ring substituents is 1. The van der Waals surface area contributed by atoms with Gasteiger partial charge in [-0.15, -0.1) is 11.3 Å². The minimum atomic E-state index is -0.576. The van der Waals surface area contributed by atoms with Gasteiger partial charge >= 0.3 is 5.97 Å². The van der Waals surface area contributed by atoms with Gasteiger partial charge in [0.1, 0.15) is 0 Å². The molecule has 0 aliphatic carbocycles. The van der Waals surface area contributed by atoms with Gasteiger partial charge in [-0.3, -0.25) is 10.1 Å². The Morgan fingerprint density at radius 2 is 2.13 bits per heavy atom. The monoisotopic (exact) mass is 392 g/mol. The molecule has 23 heavy (non-hydrogen) atoms. The van der Waals surface area contributed by atoms with E-state index in [1.165, 1.54) is 17.4 Å². The molecule has 0 spiro atoms. The van der Waals surface area contributed by atoms with Crippen molar-refractivity contribution in [3.63, 3.8) is 0 Å². The van der Waals surface area contributed by atoms with Crippen LogP contribution in [0.4, 0.5) is 5.69 Å². The van der Waals surface area contributed by atoms with Gasteiger partial charge in [-0.1, -0.05) is 6.07 Å². The second kappa shape index (κ2) is 6.05. The van der Waals surface area contributed by atoms with E-state index in [4.69, 9.17) is 4.74 Å². The van der Waals surface area contributed by atoms with Gasteiger partial charge in [0, 0.05) is 22.1 Å². The van der Waals surface area contributed by atoms with Crippen LogP contribution in [0.15, 0.2) is 44.8 Å². The highest BCUT2D eigenvalue weighted by atomic mass is 79.9. The fraction of sp³-hybridized carbons (Fsp3) is 0.0667. The van der Waals surface area contributed by atoms with E-state index in [1.807, 2.05) is 12.1 Å². The molecule has 0 unspecified atom stereocenters. The quantitative estimate of drug-likeness (QED) is 0.341. The van der Waals surface area contributed by atoms with Crippen LogP contribution >= 0.6 is 27.3 Å². The highest BCUT2D eigenvalue weighted by Gasteiger charge is 2.26. The van der Waals surface area contributed by atoms with Gasteiger partial charge in [-0.05, 0) is 47.1 Å². The zero-order valence-corrected chi connectivity index (χ0v) is 14.2. The molecule has 0 bridgehead atoms. The number of esters is 1. The number of nitrogens with zero attached hydrogens (tertiary/aromatic N) is 2. The van der Waals surface area contributed by atoms with Gasteiger partial charge in [0.25, 0.3) is 5.69 Å². The maximum atomic E-state index is 11.9. The number of hydrogen-bond donors (Lipinski definition) is 0. The van der Waals surface area contributed by atoms with Crippen LogP contribution in [0.5, 0.6) is 0 Å². The number of carbonyl (C=O) groups is 1. The van der Waals surface area contributed by atoms with Crippen LogP contribution in [0.2, 0.25) is 0 Å². The number of aryl methyl sites for hydroxylation is 1. The summed E-state index contributed by atoms with van der Waals surface area (Å²) in [7, 11) is 0. The van der Waals surface area contributed by atoms with Crippen molar-refractivity contribution in [1.82, 2.24) is 0 Å². The zero-order valence-electron chi connectivity index (χ0n) is 11.8. The zero-order chi connectivity index (χ0) is 16.6. The van der Waals surface area contributed by atoms with Crippen molar-refractivity contribution >= 4 is 50.9 Å². The van der Waals surface area contributed by atoms with Crippen molar-refractivity contribution in [2.75, 3.05) is 0 Å². The molecule has 0 N–H and O–H groups in total. The minimum absolute atomic E-state index is 0.0409. The van der Waals surface area contributed by atoms with E-state index in [1.54, 1.807) is 25.1 Å². The molecule has 3 rings (SSSR count). The Kier molecular flexibility index (Phi) is 4.10. The van der Waals surface area contributed by atoms with Crippen LogP contribution in [-0.2, 0) is 9.53 Å². The van der Waals surface area contributed by atoms with E-state index >= 15 is 0 Å². The fourth-order valence-corrected chi connectivity index (χ4v) is 3.37. The van der Waals surface area contributed by atoms with Crippen LogP contribution in [0.3, 0.4) is 0 Å². The van der Waals surface area contributed by atoms with E-state index in [-0.39, 0.29) is 17.3 Å². The Labute approximate surface area is 143 Å². The Hall–Kier alpha value is -2.32. The first-order valence-electron chi connectivity index (χ1n) is 6.47. The highest BCUT2D eigenvalue weighted by Crippen LogP contribution is 2.27. The first-order chi connectivity index (χ1) is 10.9. The maximum absolute atomic E-state index is 11.9. The summed E-state index contributed by atoms with van der Waals surface area (Å²) in [5, 5.41) is 11.0. The molecule has 1 aromatic heterocycles. The largest absolute Gasteiger partial charge is 0.402 e. The van der Waals surface area contributed by atoms with Crippen LogP contribution < -0.4 is 0 Å². The lowest BCUT2D eigenvalue weighted by Crippen LogP contribution is -2.06. The van der Waals surface area contributed by atoms with Gasteiger partial charge in [0.2, 0.25) is 5.90 Å². The Morgan fingerprint density at radius 1 is 1.35 bits per heavy atom. The summed E-state index contributed by atoms with van der Waals surface area (Å²) in [5.41, 5.74) is 1.05. The number of nitro groups is 1. The van der Waals surface area contributed by atoms with E-state index in [0.717, 1.165) is 8.66 Å². The van der Waals surface area contributed by atoms with Gasteiger partial charge in [0.05, 0.1) is 8.71 Å². The molecular formula is C15H9BrN2O4S. The molecule has 1 aromatic carbocycles. The third-order valence-corrected chi connectivity index (χ3v) is 4.72. The summed E-state index contributed by atoms with van der Waals surface area (Å²) in [4.78, 5) is 27.4. The summed E-state index contributed by atoms with van der Waals surface area (Å²) >= 11 is 4.80. The number of hydrogen-bond acceptors (Lipinski definition) is 6. The van der Waals surface area contributed by atoms with E-state index < -0.39 is 10.9 Å². The number of ether oxygens (including phenoxy) is 1.